The van der Waals surface area contributed by atoms with Crippen LogP contribution < -0.4 is 11.2 Å². The third-order valence-corrected chi connectivity index (χ3v) is 2.69. The molecule has 0 aliphatic rings. The smallest absolute Gasteiger partial charge is 0.193 e. The zero-order valence-electron chi connectivity index (χ0n) is 9.21. The Morgan fingerprint density at radius 1 is 1.50 bits per heavy atom. The van der Waals surface area contributed by atoms with E-state index in [0.717, 1.165) is 16.8 Å². The van der Waals surface area contributed by atoms with Crippen LogP contribution >= 0.6 is 0 Å². The Kier molecular flexibility index (Phi) is 2.52. The van der Waals surface area contributed by atoms with Crippen molar-refractivity contribution in [1.29, 1.82) is 0 Å². The zero-order valence-corrected chi connectivity index (χ0v) is 9.21. The number of nitrogen functional groups attached to an aromatic ring is 1. The molecule has 0 unspecified atom stereocenters. The molecule has 0 aliphatic carbocycles. The molecule has 3 heteroatoms. The van der Waals surface area contributed by atoms with Crippen molar-refractivity contribution >= 4 is 16.6 Å². The molecular weight excluding hydrogens is 200 g/mol. The minimum absolute atomic E-state index is 0.0402. The average molecular weight is 214 g/mol. The highest BCUT2D eigenvalue weighted by atomic mass is 16.1. The molecule has 1 heterocycles. The number of benzene rings is 1. The van der Waals surface area contributed by atoms with Crippen LogP contribution in [0, 0.1) is 6.92 Å². The standard InChI is InChI=1S/C13H14N2O/c1-3-4-10-8(2)15-12-6-5-9(14)7-11(12)13(10)16/h3,5-7H,1,4,14H2,2H3,(H,15,16). The Hall–Kier alpha value is -2.03. The fourth-order valence-corrected chi connectivity index (χ4v) is 1.86. The van der Waals surface area contributed by atoms with Gasteiger partial charge in [-0.2, -0.15) is 0 Å². The lowest BCUT2D eigenvalue weighted by atomic mass is 10.1. The average Bonchev–Trinajstić information content (AvgIpc) is 2.26. The normalized spacial score (nSPS) is 10.6. The van der Waals surface area contributed by atoms with Crippen LogP contribution in [-0.4, -0.2) is 4.98 Å². The maximum atomic E-state index is 12.2. The first-order valence-corrected chi connectivity index (χ1v) is 5.15. The molecule has 0 spiro atoms. The van der Waals surface area contributed by atoms with E-state index in [-0.39, 0.29) is 5.43 Å². The molecular formula is C13H14N2O. The van der Waals surface area contributed by atoms with Crippen LogP contribution in [0.1, 0.15) is 11.3 Å². The van der Waals surface area contributed by atoms with E-state index in [1.54, 1.807) is 18.2 Å². The highest BCUT2D eigenvalue weighted by molar-refractivity contribution is 5.82. The van der Waals surface area contributed by atoms with E-state index in [0.29, 0.717) is 17.5 Å². The van der Waals surface area contributed by atoms with Gasteiger partial charge in [0.25, 0.3) is 0 Å². The van der Waals surface area contributed by atoms with Gasteiger partial charge in [-0.3, -0.25) is 4.79 Å². The van der Waals surface area contributed by atoms with Crippen molar-refractivity contribution in [2.45, 2.75) is 13.3 Å². The minimum atomic E-state index is 0.0402. The summed E-state index contributed by atoms with van der Waals surface area (Å²) in [4.78, 5) is 15.4. The predicted octanol–water partition coefficient (Wildman–Crippen LogP) is 2.15. The van der Waals surface area contributed by atoms with Crippen molar-refractivity contribution in [3.63, 3.8) is 0 Å². The first-order chi connectivity index (χ1) is 7.63. The summed E-state index contributed by atoms with van der Waals surface area (Å²) in [5, 5.41) is 0.641. The molecule has 0 radical (unpaired) electrons. The van der Waals surface area contributed by atoms with Gasteiger partial charge in [0, 0.05) is 27.8 Å². The second-order valence-corrected chi connectivity index (χ2v) is 3.86. The van der Waals surface area contributed by atoms with Crippen molar-refractivity contribution in [1.82, 2.24) is 4.98 Å². The summed E-state index contributed by atoms with van der Waals surface area (Å²) in [6.45, 7) is 5.56. The number of nitrogens with two attached hydrogens (primary N) is 1. The number of H-pyrrole nitrogens is 1. The number of aromatic amines is 1. The van der Waals surface area contributed by atoms with E-state index in [1.807, 2.05) is 13.0 Å². The van der Waals surface area contributed by atoms with Crippen molar-refractivity contribution in [2.24, 2.45) is 0 Å². The number of hydrogen-bond acceptors (Lipinski definition) is 2. The quantitative estimate of drug-likeness (QED) is 0.594. The molecule has 0 aliphatic heterocycles. The number of fused-ring (bicyclic) bond motifs is 1. The fraction of sp³-hybridized carbons (Fsp3) is 0.154. The second-order valence-electron chi connectivity index (χ2n) is 3.86. The van der Waals surface area contributed by atoms with Crippen LogP contribution in [-0.2, 0) is 6.42 Å². The van der Waals surface area contributed by atoms with Gasteiger partial charge in [0.2, 0.25) is 0 Å². The number of hydrogen-bond donors (Lipinski definition) is 2. The largest absolute Gasteiger partial charge is 0.399 e. The van der Waals surface area contributed by atoms with E-state index >= 15 is 0 Å². The molecule has 1 aromatic heterocycles. The van der Waals surface area contributed by atoms with Gasteiger partial charge < -0.3 is 10.7 Å². The molecule has 0 fully saturated rings. The van der Waals surface area contributed by atoms with E-state index in [9.17, 15) is 4.79 Å². The summed E-state index contributed by atoms with van der Waals surface area (Å²) in [5.74, 6) is 0. The second kappa shape index (κ2) is 3.85. The Labute approximate surface area is 93.6 Å². The highest BCUT2D eigenvalue weighted by Gasteiger charge is 2.07. The summed E-state index contributed by atoms with van der Waals surface area (Å²) in [5.41, 5.74) is 8.80. The lowest BCUT2D eigenvalue weighted by molar-refractivity contribution is 1.12. The summed E-state index contributed by atoms with van der Waals surface area (Å²) < 4.78 is 0. The third-order valence-electron chi connectivity index (χ3n) is 2.69. The molecule has 0 amide bonds. The van der Waals surface area contributed by atoms with E-state index in [1.165, 1.54) is 0 Å². The molecule has 1 aromatic carbocycles. The van der Waals surface area contributed by atoms with Gasteiger partial charge in [0.05, 0.1) is 0 Å². The number of anilines is 1. The monoisotopic (exact) mass is 214 g/mol. The third kappa shape index (κ3) is 1.60. The van der Waals surface area contributed by atoms with Crippen molar-refractivity contribution in [3.8, 4) is 0 Å². The van der Waals surface area contributed by atoms with Gasteiger partial charge >= 0.3 is 0 Å². The molecule has 82 valence electrons. The molecule has 0 saturated carbocycles. The Morgan fingerprint density at radius 3 is 2.94 bits per heavy atom. The molecule has 3 N–H and O–H groups in total. The van der Waals surface area contributed by atoms with Crippen molar-refractivity contribution in [2.75, 3.05) is 5.73 Å². The molecule has 0 atom stereocenters. The van der Waals surface area contributed by atoms with E-state index in [2.05, 4.69) is 11.6 Å². The summed E-state index contributed by atoms with van der Waals surface area (Å²) in [7, 11) is 0. The number of pyridine rings is 1. The number of rotatable bonds is 2. The van der Waals surface area contributed by atoms with E-state index in [4.69, 9.17) is 5.73 Å². The Morgan fingerprint density at radius 2 is 2.25 bits per heavy atom. The zero-order chi connectivity index (χ0) is 11.7. The SMILES string of the molecule is C=CCc1c(C)[nH]c2ccc(N)cc2c1=O. The van der Waals surface area contributed by atoms with Gasteiger partial charge in [0.1, 0.15) is 0 Å². The molecule has 3 nitrogen and oxygen atoms in total. The van der Waals surface area contributed by atoms with Gasteiger partial charge in [0.15, 0.2) is 5.43 Å². The topological polar surface area (TPSA) is 58.9 Å². The minimum Gasteiger partial charge on any atom is -0.399 e. The Balaban J connectivity index is 2.85. The molecule has 2 aromatic rings. The van der Waals surface area contributed by atoms with Crippen LogP contribution in [0.25, 0.3) is 10.9 Å². The highest BCUT2D eigenvalue weighted by Crippen LogP contribution is 2.14. The van der Waals surface area contributed by atoms with Crippen LogP contribution in [0.5, 0.6) is 0 Å². The van der Waals surface area contributed by atoms with Crippen LogP contribution in [0.2, 0.25) is 0 Å². The lowest BCUT2D eigenvalue weighted by Gasteiger charge is -2.06. The predicted molar refractivity (Wildman–Crippen MR) is 67.6 cm³/mol. The van der Waals surface area contributed by atoms with Crippen LogP contribution in [0.15, 0.2) is 35.6 Å². The number of allylic oxidation sites excluding steroid dienone is 1. The van der Waals surface area contributed by atoms with Gasteiger partial charge in [-0.15, -0.1) is 6.58 Å². The molecule has 0 saturated heterocycles. The lowest BCUT2D eigenvalue weighted by Crippen LogP contribution is -2.12. The summed E-state index contributed by atoms with van der Waals surface area (Å²) in [6, 6.07) is 5.32. The molecule has 16 heavy (non-hydrogen) atoms. The van der Waals surface area contributed by atoms with Crippen LogP contribution in [0.3, 0.4) is 0 Å². The van der Waals surface area contributed by atoms with Gasteiger partial charge in [-0.05, 0) is 31.5 Å². The van der Waals surface area contributed by atoms with Crippen LogP contribution in [0.4, 0.5) is 5.69 Å². The van der Waals surface area contributed by atoms with Gasteiger partial charge in [-0.1, -0.05) is 6.08 Å². The number of nitrogens with one attached hydrogen (secondary N) is 1. The first-order valence-electron chi connectivity index (χ1n) is 5.15. The van der Waals surface area contributed by atoms with Crippen molar-refractivity contribution in [3.05, 3.63) is 52.3 Å². The summed E-state index contributed by atoms with van der Waals surface area (Å²) >= 11 is 0. The molecule has 2 rings (SSSR count). The van der Waals surface area contributed by atoms with E-state index < -0.39 is 0 Å². The number of aromatic nitrogens is 1. The fourth-order valence-electron chi connectivity index (χ4n) is 1.86. The number of aryl methyl sites for hydroxylation is 1. The van der Waals surface area contributed by atoms with Crippen molar-refractivity contribution < 1.29 is 0 Å². The molecule has 0 bridgehead atoms. The first kappa shape index (κ1) is 10.5. The maximum Gasteiger partial charge on any atom is 0.193 e. The Bertz CT molecular complexity index is 611. The maximum absolute atomic E-state index is 12.2. The van der Waals surface area contributed by atoms with Gasteiger partial charge in [-0.25, -0.2) is 0 Å². The summed E-state index contributed by atoms with van der Waals surface area (Å²) in [6.07, 6.45) is 2.31.